The topological polar surface area (TPSA) is 67.4 Å². The Morgan fingerprint density at radius 3 is 2.89 bits per heavy atom. The lowest BCUT2D eigenvalue weighted by Gasteiger charge is -2.23. The van der Waals surface area contributed by atoms with Gasteiger partial charge in [-0.3, -0.25) is 9.59 Å². The SMILES string of the molecule is O=C1CC(NC(=O)CCOc2ccccc2)CCN1. The van der Waals surface area contributed by atoms with Crippen molar-refractivity contribution in [2.75, 3.05) is 13.2 Å². The highest BCUT2D eigenvalue weighted by atomic mass is 16.5. The van der Waals surface area contributed by atoms with E-state index >= 15 is 0 Å². The van der Waals surface area contributed by atoms with E-state index in [0.717, 1.165) is 12.2 Å². The first-order valence-corrected chi connectivity index (χ1v) is 6.48. The summed E-state index contributed by atoms with van der Waals surface area (Å²) in [7, 11) is 0. The van der Waals surface area contributed by atoms with Crippen molar-refractivity contribution >= 4 is 11.8 Å². The molecule has 0 radical (unpaired) electrons. The van der Waals surface area contributed by atoms with Crippen LogP contribution in [0.1, 0.15) is 19.3 Å². The summed E-state index contributed by atoms with van der Waals surface area (Å²) in [6.07, 6.45) is 1.45. The smallest absolute Gasteiger partial charge is 0.223 e. The molecule has 1 unspecified atom stereocenters. The fourth-order valence-corrected chi connectivity index (χ4v) is 1.99. The number of para-hydroxylation sites is 1. The van der Waals surface area contributed by atoms with Crippen molar-refractivity contribution in [2.45, 2.75) is 25.3 Å². The molecule has 1 aromatic carbocycles. The molecule has 2 rings (SSSR count). The maximum Gasteiger partial charge on any atom is 0.223 e. The van der Waals surface area contributed by atoms with Crippen LogP contribution < -0.4 is 15.4 Å². The second-order valence-corrected chi connectivity index (χ2v) is 4.52. The summed E-state index contributed by atoms with van der Waals surface area (Å²) >= 11 is 0. The summed E-state index contributed by atoms with van der Waals surface area (Å²) in [6, 6.07) is 9.34. The molecule has 0 saturated carbocycles. The first-order chi connectivity index (χ1) is 9.24. The van der Waals surface area contributed by atoms with Gasteiger partial charge in [-0.1, -0.05) is 18.2 Å². The number of carbonyl (C=O) groups is 2. The van der Waals surface area contributed by atoms with E-state index < -0.39 is 0 Å². The van der Waals surface area contributed by atoms with Crippen LogP contribution in [0.2, 0.25) is 0 Å². The summed E-state index contributed by atoms with van der Waals surface area (Å²) < 4.78 is 5.45. The van der Waals surface area contributed by atoms with Crippen LogP contribution in [0.4, 0.5) is 0 Å². The summed E-state index contributed by atoms with van der Waals surface area (Å²) in [6.45, 7) is 0.971. The number of hydrogen-bond acceptors (Lipinski definition) is 3. The number of ether oxygens (including phenoxy) is 1. The molecule has 1 aliphatic rings. The van der Waals surface area contributed by atoms with Crippen LogP contribution in [0, 0.1) is 0 Å². The molecule has 19 heavy (non-hydrogen) atoms. The predicted molar refractivity (Wildman–Crippen MR) is 70.7 cm³/mol. The quantitative estimate of drug-likeness (QED) is 0.826. The molecule has 0 spiro atoms. The Kier molecular flexibility index (Phi) is 4.78. The number of benzene rings is 1. The average Bonchev–Trinajstić information content (AvgIpc) is 2.40. The lowest BCUT2D eigenvalue weighted by molar-refractivity contribution is -0.125. The Morgan fingerprint density at radius 1 is 1.37 bits per heavy atom. The van der Waals surface area contributed by atoms with Gasteiger partial charge in [-0.05, 0) is 18.6 Å². The average molecular weight is 262 g/mol. The molecule has 1 saturated heterocycles. The molecule has 1 aliphatic heterocycles. The fourth-order valence-electron chi connectivity index (χ4n) is 1.99. The van der Waals surface area contributed by atoms with E-state index in [1.165, 1.54) is 0 Å². The van der Waals surface area contributed by atoms with E-state index in [4.69, 9.17) is 4.74 Å². The van der Waals surface area contributed by atoms with Gasteiger partial charge in [-0.2, -0.15) is 0 Å². The Hall–Kier alpha value is -2.04. The standard InChI is InChI=1S/C14H18N2O3/c17-13(16-11-6-8-15-14(18)10-11)7-9-19-12-4-2-1-3-5-12/h1-5,11H,6-10H2,(H,15,18)(H,16,17). The van der Waals surface area contributed by atoms with Crippen molar-refractivity contribution in [3.63, 3.8) is 0 Å². The van der Waals surface area contributed by atoms with E-state index in [1.54, 1.807) is 0 Å². The highest BCUT2D eigenvalue weighted by molar-refractivity contribution is 5.80. The zero-order chi connectivity index (χ0) is 13.5. The van der Waals surface area contributed by atoms with Crippen molar-refractivity contribution in [1.82, 2.24) is 10.6 Å². The van der Waals surface area contributed by atoms with Gasteiger partial charge < -0.3 is 15.4 Å². The third-order valence-corrected chi connectivity index (χ3v) is 2.95. The van der Waals surface area contributed by atoms with Crippen LogP contribution in [-0.4, -0.2) is 31.0 Å². The molecule has 1 heterocycles. The summed E-state index contributed by atoms with van der Waals surface area (Å²) in [5, 5.41) is 5.59. The second-order valence-electron chi connectivity index (χ2n) is 4.52. The van der Waals surface area contributed by atoms with E-state index in [-0.39, 0.29) is 17.9 Å². The number of hydrogen-bond donors (Lipinski definition) is 2. The minimum absolute atomic E-state index is 0.00270. The van der Waals surface area contributed by atoms with E-state index in [1.807, 2.05) is 30.3 Å². The number of nitrogens with one attached hydrogen (secondary N) is 2. The molecule has 2 amide bonds. The highest BCUT2D eigenvalue weighted by Gasteiger charge is 2.20. The molecule has 1 fully saturated rings. The second kappa shape index (κ2) is 6.78. The molecule has 5 nitrogen and oxygen atoms in total. The summed E-state index contributed by atoms with van der Waals surface area (Å²) in [5.74, 6) is 0.681. The van der Waals surface area contributed by atoms with Crippen molar-refractivity contribution in [3.05, 3.63) is 30.3 Å². The Bertz CT molecular complexity index is 434. The van der Waals surface area contributed by atoms with Gasteiger partial charge in [0.1, 0.15) is 5.75 Å². The molecule has 1 aromatic rings. The zero-order valence-corrected chi connectivity index (χ0v) is 10.7. The van der Waals surface area contributed by atoms with Gasteiger partial charge in [0.05, 0.1) is 13.0 Å². The van der Waals surface area contributed by atoms with Crippen LogP contribution in [0.15, 0.2) is 30.3 Å². The van der Waals surface area contributed by atoms with Crippen LogP contribution in [0.3, 0.4) is 0 Å². The maximum atomic E-state index is 11.7. The lowest BCUT2D eigenvalue weighted by Crippen LogP contribution is -2.45. The normalized spacial score (nSPS) is 18.5. The van der Waals surface area contributed by atoms with Gasteiger partial charge in [-0.15, -0.1) is 0 Å². The first-order valence-electron chi connectivity index (χ1n) is 6.48. The Morgan fingerprint density at radius 2 is 2.16 bits per heavy atom. The minimum atomic E-state index is -0.0735. The number of carbonyl (C=O) groups excluding carboxylic acids is 2. The maximum absolute atomic E-state index is 11.7. The molecular weight excluding hydrogens is 244 g/mol. The molecule has 0 bridgehead atoms. The van der Waals surface area contributed by atoms with Gasteiger partial charge in [0.15, 0.2) is 0 Å². The third kappa shape index (κ3) is 4.62. The van der Waals surface area contributed by atoms with Crippen LogP contribution in [0.5, 0.6) is 5.75 Å². The van der Waals surface area contributed by atoms with Gasteiger partial charge in [0.25, 0.3) is 0 Å². The zero-order valence-electron chi connectivity index (χ0n) is 10.7. The largest absolute Gasteiger partial charge is 0.493 e. The van der Waals surface area contributed by atoms with Crippen molar-refractivity contribution < 1.29 is 14.3 Å². The minimum Gasteiger partial charge on any atom is -0.493 e. The monoisotopic (exact) mass is 262 g/mol. The van der Waals surface area contributed by atoms with Crippen LogP contribution >= 0.6 is 0 Å². The van der Waals surface area contributed by atoms with E-state index in [9.17, 15) is 9.59 Å². The van der Waals surface area contributed by atoms with Gasteiger partial charge in [0.2, 0.25) is 11.8 Å². The first kappa shape index (κ1) is 13.4. The van der Waals surface area contributed by atoms with Crippen LogP contribution in [0.25, 0.3) is 0 Å². The summed E-state index contributed by atoms with van der Waals surface area (Å²) in [5.41, 5.74) is 0. The molecule has 0 aliphatic carbocycles. The highest BCUT2D eigenvalue weighted by Crippen LogP contribution is 2.08. The summed E-state index contributed by atoms with van der Waals surface area (Å²) in [4.78, 5) is 22.9. The Labute approximate surface area is 112 Å². The van der Waals surface area contributed by atoms with E-state index in [2.05, 4.69) is 10.6 Å². The van der Waals surface area contributed by atoms with Gasteiger partial charge >= 0.3 is 0 Å². The van der Waals surface area contributed by atoms with Crippen molar-refractivity contribution in [2.24, 2.45) is 0 Å². The molecular formula is C14H18N2O3. The molecule has 0 aromatic heterocycles. The van der Waals surface area contributed by atoms with Crippen molar-refractivity contribution in [1.29, 1.82) is 0 Å². The fraction of sp³-hybridized carbons (Fsp3) is 0.429. The Balaban J connectivity index is 1.66. The van der Waals surface area contributed by atoms with Crippen molar-refractivity contribution in [3.8, 4) is 5.75 Å². The number of rotatable bonds is 5. The molecule has 102 valence electrons. The van der Waals surface area contributed by atoms with Gasteiger partial charge in [-0.25, -0.2) is 0 Å². The van der Waals surface area contributed by atoms with Gasteiger partial charge in [0, 0.05) is 19.0 Å². The lowest BCUT2D eigenvalue weighted by atomic mass is 10.1. The number of piperidine rings is 1. The van der Waals surface area contributed by atoms with Crippen LogP contribution in [-0.2, 0) is 9.59 Å². The predicted octanol–water partition coefficient (Wildman–Crippen LogP) is 0.850. The number of amides is 2. The molecule has 1 atom stereocenters. The molecule has 5 heteroatoms. The van der Waals surface area contributed by atoms with E-state index in [0.29, 0.717) is 26.0 Å². The third-order valence-electron chi connectivity index (χ3n) is 2.95. The molecule has 2 N–H and O–H groups in total.